The second kappa shape index (κ2) is 5.37. The molecule has 0 aliphatic carbocycles. The molecule has 0 radical (unpaired) electrons. The molecule has 1 unspecified atom stereocenters. The summed E-state index contributed by atoms with van der Waals surface area (Å²) in [6, 6.07) is -0.990. The van der Waals surface area contributed by atoms with Crippen molar-refractivity contribution < 1.29 is 19.5 Å². The molecular formula is C12H20N2O4. The SMILES string of the molecule is CC(C)(C)C(CC(=O)O)NC(=O)[C@@H]1CCC(=O)N1. The zero-order chi connectivity index (χ0) is 13.9. The molecule has 0 aromatic heterocycles. The topological polar surface area (TPSA) is 95.5 Å². The second-order valence-corrected chi connectivity index (χ2v) is 5.68. The molecule has 1 saturated heterocycles. The van der Waals surface area contributed by atoms with Crippen LogP contribution >= 0.6 is 0 Å². The van der Waals surface area contributed by atoms with Gasteiger partial charge in [-0.25, -0.2) is 0 Å². The molecule has 2 amide bonds. The highest BCUT2D eigenvalue weighted by Gasteiger charge is 2.33. The van der Waals surface area contributed by atoms with Crippen LogP contribution in [0, 0.1) is 5.41 Å². The number of nitrogens with one attached hydrogen (secondary N) is 2. The van der Waals surface area contributed by atoms with Gasteiger partial charge in [0.15, 0.2) is 0 Å². The molecule has 1 fully saturated rings. The third-order valence-electron chi connectivity index (χ3n) is 3.05. The van der Waals surface area contributed by atoms with Gasteiger partial charge in [0.25, 0.3) is 0 Å². The summed E-state index contributed by atoms with van der Waals surface area (Å²) in [7, 11) is 0. The van der Waals surface area contributed by atoms with Crippen LogP contribution in [0.3, 0.4) is 0 Å². The van der Waals surface area contributed by atoms with Crippen molar-refractivity contribution in [3.63, 3.8) is 0 Å². The lowest BCUT2D eigenvalue weighted by atomic mass is 9.84. The van der Waals surface area contributed by atoms with E-state index in [2.05, 4.69) is 10.6 Å². The Hall–Kier alpha value is -1.59. The molecule has 1 aliphatic heterocycles. The van der Waals surface area contributed by atoms with Crippen LogP contribution in [-0.2, 0) is 14.4 Å². The van der Waals surface area contributed by atoms with Gasteiger partial charge in [0.2, 0.25) is 11.8 Å². The van der Waals surface area contributed by atoms with Gasteiger partial charge in [0.1, 0.15) is 6.04 Å². The molecule has 6 heteroatoms. The second-order valence-electron chi connectivity index (χ2n) is 5.68. The van der Waals surface area contributed by atoms with Crippen LogP contribution in [0.2, 0.25) is 0 Å². The monoisotopic (exact) mass is 256 g/mol. The van der Waals surface area contributed by atoms with Crippen LogP contribution < -0.4 is 10.6 Å². The maximum absolute atomic E-state index is 11.9. The summed E-state index contributed by atoms with van der Waals surface area (Å²) in [5.74, 6) is -1.39. The number of carbonyl (C=O) groups is 3. The van der Waals surface area contributed by atoms with Gasteiger partial charge in [-0.15, -0.1) is 0 Å². The van der Waals surface area contributed by atoms with Gasteiger partial charge in [-0.3, -0.25) is 14.4 Å². The molecule has 3 N–H and O–H groups in total. The predicted molar refractivity (Wildman–Crippen MR) is 64.8 cm³/mol. The first kappa shape index (κ1) is 14.5. The van der Waals surface area contributed by atoms with E-state index in [0.29, 0.717) is 12.8 Å². The maximum Gasteiger partial charge on any atom is 0.305 e. The molecule has 18 heavy (non-hydrogen) atoms. The van der Waals surface area contributed by atoms with E-state index in [4.69, 9.17) is 5.11 Å². The molecule has 1 aliphatic rings. The molecule has 0 aromatic carbocycles. The van der Waals surface area contributed by atoms with Gasteiger partial charge in [-0.2, -0.15) is 0 Å². The minimum atomic E-state index is -0.953. The Kier molecular flexibility index (Phi) is 4.32. The number of amides is 2. The van der Waals surface area contributed by atoms with E-state index in [1.807, 2.05) is 20.8 Å². The van der Waals surface area contributed by atoms with E-state index in [1.165, 1.54) is 0 Å². The number of aliphatic carboxylic acids is 1. The molecule has 0 saturated carbocycles. The van der Waals surface area contributed by atoms with Crippen molar-refractivity contribution in [2.75, 3.05) is 0 Å². The fourth-order valence-corrected chi connectivity index (χ4v) is 1.83. The van der Waals surface area contributed by atoms with Crippen LogP contribution in [0.15, 0.2) is 0 Å². The van der Waals surface area contributed by atoms with Gasteiger partial charge in [-0.05, 0) is 11.8 Å². The first-order valence-corrected chi connectivity index (χ1v) is 6.01. The lowest BCUT2D eigenvalue weighted by Crippen LogP contribution is -2.51. The molecule has 1 heterocycles. The number of rotatable bonds is 4. The number of carboxylic acids is 1. The number of hydrogen-bond acceptors (Lipinski definition) is 3. The zero-order valence-electron chi connectivity index (χ0n) is 10.9. The Bertz CT molecular complexity index is 360. The summed E-state index contributed by atoms with van der Waals surface area (Å²) >= 11 is 0. The summed E-state index contributed by atoms with van der Waals surface area (Å²) in [5.41, 5.74) is -0.351. The lowest BCUT2D eigenvalue weighted by molar-refractivity contribution is -0.138. The molecule has 6 nitrogen and oxygen atoms in total. The first-order chi connectivity index (χ1) is 8.20. The Morgan fingerprint density at radius 3 is 2.50 bits per heavy atom. The number of carbonyl (C=O) groups excluding carboxylic acids is 2. The molecular weight excluding hydrogens is 236 g/mol. The molecule has 0 bridgehead atoms. The van der Waals surface area contributed by atoms with Crippen molar-refractivity contribution in [2.45, 2.75) is 52.1 Å². The highest BCUT2D eigenvalue weighted by atomic mass is 16.4. The quantitative estimate of drug-likeness (QED) is 0.672. The van der Waals surface area contributed by atoms with E-state index in [9.17, 15) is 14.4 Å². The maximum atomic E-state index is 11.9. The van der Waals surface area contributed by atoms with E-state index in [-0.39, 0.29) is 23.7 Å². The molecule has 1 rings (SSSR count). The van der Waals surface area contributed by atoms with Crippen molar-refractivity contribution in [3.05, 3.63) is 0 Å². The van der Waals surface area contributed by atoms with Crippen LogP contribution in [-0.4, -0.2) is 35.0 Å². The minimum Gasteiger partial charge on any atom is -0.481 e. The fourth-order valence-electron chi connectivity index (χ4n) is 1.83. The van der Waals surface area contributed by atoms with Gasteiger partial charge in [0, 0.05) is 12.5 Å². The first-order valence-electron chi connectivity index (χ1n) is 6.01. The Morgan fingerprint density at radius 2 is 2.11 bits per heavy atom. The lowest BCUT2D eigenvalue weighted by Gasteiger charge is -2.31. The Morgan fingerprint density at radius 1 is 1.50 bits per heavy atom. The summed E-state index contributed by atoms with van der Waals surface area (Å²) < 4.78 is 0. The highest BCUT2D eigenvalue weighted by Crippen LogP contribution is 2.22. The summed E-state index contributed by atoms with van der Waals surface area (Å²) in [6.45, 7) is 5.61. The zero-order valence-corrected chi connectivity index (χ0v) is 10.9. The van der Waals surface area contributed by atoms with Gasteiger partial charge in [-0.1, -0.05) is 20.8 Å². The van der Waals surface area contributed by atoms with Crippen LogP contribution in [0.4, 0.5) is 0 Å². The van der Waals surface area contributed by atoms with Crippen LogP contribution in [0.1, 0.15) is 40.0 Å². The molecule has 0 spiro atoms. The van der Waals surface area contributed by atoms with E-state index < -0.39 is 18.1 Å². The minimum absolute atomic E-state index is 0.129. The van der Waals surface area contributed by atoms with Crippen molar-refractivity contribution in [3.8, 4) is 0 Å². The predicted octanol–water partition coefficient (Wildman–Crippen LogP) is 0.271. The van der Waals surface area contributed by atoms with Crippen molar-refractivity contribution in [2.24, 2.45) is 5.41 Å². The van der Waals surface area contributed by atoms with Gasteiger partial charge in [0.05, 0.1) is 6.42 Å². The smallest absolute Gasteiger partial charge is 0.305 e. The molecule has 2 atom stereocenters. The third kappa shape index (κ3) is 4.01. The fraction of sp³-hybridized carbons (Fsp3) is 0.750. The number of hydrogen-bond donors (Lipinski definition) is 3. The standard InChI is InChI=1S/C12H20N2O4/c1-12(2,3)8(6-10(16)17)14-11(18)7-4-5-9(15)13-7/h7-8H,4-6H2,1-3H3,(H,13,15)(H,14,18)(H,16,17)/t7-,8?/m0/s1. The van der Waals surface area contributed by atoms with Crippen LogP contribution in [0.5, 0.6) is 0 Å². The highest BCUT2D eigenvalue weighted by molar-refractivity contribution is 5.91. The Balaban J connectivity index is 2.63. The Labute approximate surface area is 106 Å². The van der Waals surface area contributed by atoms with E-state index in [1.54, 1.807) is 0 Å². The van der Waals surface area contributed by atoms with Crippen LogP contribution in [0.25, 0.3) is 0 Å². The van der Waals surface area contributed by atoms with Gasteiger partial charge < -0.3 is 15.7 Å². The largest absolute Gasteiger partial charge is 0.481 e. The average Bonchev–Trinajstić information content (AvgIpc) is 2.61. The molecule has 0 aromatic rings. The molecule has 102 valence electrons. The van der Waals surface area contributed by atoms with Crippen molar-refractivity contribution in [1.82, 2.24) is 10.6 Å². The van der Waals surface area contributed by atoms with E-state index >= 15 is 0 Å². The third-order valence-corrected chi connectivity index (χ3v) is 3.05. The van der Waals surface area contributed by atoms with Gasteiger partial charge >= 0.3 is 5.97 Å². The van der Waals surface area contributed by atoms with Crippen molar-refractivity contribution in [1.29, 1.82) is 0 Å². The van der Waals surface area contributed by atoms with Crippen molar-refractivity contribution >= 4 is 17.8 Å². The average molecular weight is 256 g/mol. The summed E-state index contributed by atoms with van der Waals surface area (Å²) in [4.78, 5) is 33.7. The van der Waals surface area contributed by atoms with E-state index in [0.717, 1.165) is 0 Å². The summed E-state index contributed by atoms with van der Waals surface area (Å²) in [5, 5.41) is 14.1. The normalized spacial score (nSPS) is 21.3. The number of carboxylic acid groups (broad SMARTS) is 1. The summed E-state index contributed by atoms with van der Waals surface area (Å²) in [6.07, 6.45) is 0.682.